The molecule has 0 aromatic heterocycles. The Labute approximate surface area is 78.4 Å². The molecule has 74 valence electrons. The van der Waals surface area contributed by atoms with Crippen molar-refractivity contribution in [3.05, 3.63) is 0 Å². The third-order valence-corrected chi connectivity index (χ3v) is 4.11. The Morgan fingerprint density at radius 1 is 1.38 bits per heavy atom. The zero-order valence-electron chi connectivity index (χ0n) is 7.82. The summed E-state index contributed by atoms with van der Waals surface area (Å²) in [5, 5.41) is 18.8. The lowest BCUT2D eigenvalue weighted by Gasteiger charge is -2.14. The highest BCUT2D eigenvalue weighted by atomic mass is 16.3. The van der Waals surface area contributed by atoms with Gasteiger partial charge in [0, 0.05) is 31.2 Å². The molecule has 13 heavy (non-hydrogen) atoms. The molecule has 1 saturated heterocycles. The van der Waals surface area contributed by atoms with E-state index in [1.807, 2.05) is 0 Å². The summed E-state index contributed by atoms with van der Waals surface area (Å²) in [5.41, 5.74) is 0.280. The monoisotopic (exact) mass is 183 g/mol. The van der Waals surface area contributed by atoms with E-state index in [0.717, 1.165) is 19.5 Å². The molecule has 0 bridgehead atoms. The maximum Gasteiger partial charge on any atom is 0.0735 e. The molecule has 0 aromatic rings. The maximum atomic E-state index is 9.82. The van der Waals surface area contributed by atoms with Crippen LogP contribution in [0.2, 0.25) is 0 Å². The van der Waals surface area contributed by atoms with Crippen LogP contribution in [-0.4, -0.2) is 47.0 Å². The summed E-state index contributed by atoms with van der Waals surface area (Å²) >= 11 is 0. The van der Waals surface area contributed by atoms with Crippen LogP contribution < -0.4 is 0 Å². The van der Waals surface area contributed by atoms with E-state index >= 15 is 0 Å². The van der Waals surface area contributed by atoms with E-state index in [1.165, 1.54) is 12.8 Å². The molecule has 2 aliphatic carbocycles. The van der Waals surface area contributed by atoms with Crippen molar-refractivity contribution in [1.82, 2.24) is 4.90 Å². The van der Waals surface area contributed by atoms with Gasteiger partial charge in [-0.2, -0.15) is 0 Å². The highest BCUT2D eigenvalue weighted by Crippen LogP contribution is 2.55. The highest BCUT2D eigenvalue weighted by molar-refractivity contribution is 5.10. The first kappa shape index (κ1) is 8.21. The average Bonchev–Trinajstić information content (AvgIpc) is 2.95. The topological polar surface area (TPSA) is 43.7 Å². The van der Waals surface area contributed by atoms with Crippen LogP contribution in [0.4, 0.5) is 0 Å². The van der Waals surface area contributed by atoms with E-state index in [9.17, 15) is 5.11 Å². The molecular weight excluding hydrogens is 166 g/mol. The summed E-state index contributed by atoms with van der Waals surface area (Å²) < 4.78 is 0. The molecule has 3 unspecified atom stereocenters. The number of rotatable bonds is 2. The maximum absolute atomic E-state index is 9.82. The SMILES string of the molecule is OCC1CC1N1CC(O)C2(CC2)C1. The fraction of sp³-hybridized carbons (Fsp3) is 1.00. The van der Waals surface area contributed by atoms with Crippen molar-refractivity contribution in [2.75, 3.05) is 19.7 Å². The molecule has 1 heterocycles. The van der Waals surface area contributed by atoms with Crippen LogP contribution in [0, 0.1) is 11.3 Å². The molecule has 2 saturated carbocycles. The number of aliphatic hydroxyl groups excluding tert-OH is 2. The third kappa shape index (κ3) is 1.14. The molecule has 3 atom stereocenters. The summed E-state index contributed by atoms with van der Waals surface area (Å²) in [4.78, 5) is 2.39. The van der Waals surface area contributed by atoms with Crippen molar-refractivity contribution in [3.8, 4) is 0 Å². The second kappa shape index (κ2) is 2.47. The van der Waals surface area contributed by atoms with Gasteiger partial charge in [-0.1, -0.05) is 0 Å². The highest BCUT2D eigenvalue weighted by Gasteiger charge is 2.58. The van der Waals surface area contributed by atoms with E-state index in [2.05, 4.69) is 4.90 Å². The van der Waals surface area contributed by atoms with E-state index in [0.29, 0.717) is 18.6 Å². The predicted octanol–water partition coefficient (Wildman–Crippen LogP) is -0.176. The number of hydrogen-bond acceptors (Lipinski definition) is 3. The average molecular weight is 183 g/mol. The van der Waals surface area contributed by atoms with Crippen LogP contribution in [0.5, 0.6) is 0 Å². The van der Waals surface area contributed by atoms with Gasteiger partial charge in [0.1, 0.15) is 0 Å². The predicted molar refractivity (Wildman–Crippen MR) is 48.2 cm³/mol. The van der Waals surface area contributed by atoms with E-state index < -0.39 is 0 Å². The molecule has 2 N–H and O–H groups in total. The lowest BCUT2D eigenvalue weighted by molar-refractivity contribution is 0.130. The van der Waals surface area contributed by atoms with Gasteiger partial charge in [0.25, 0.3) is 0 Å². The molecule has 3 fully saturated rings. The molecule has 0 amide bonds. The van der Waals surface area contributed by atoms with Gasteiger partial charge >= 0.3 is 0 Å². The van der Waals surface area contributed by atoms with Crippen LogP contribution in [0.15, 0.2) is 0 Å². The first-order valence-electron chi connectivity index (χ1n) is 5.28. The molecule has 3 aliphatic rings. The Kier molecular flexibility index (Phi) is 1.56. The normalized spacial score (nSPS) is 47.1. The van der Waals surface area contributed by atoms with Gasteiger partial charge in [0.2, 0.25) is 0 Å². The zero-order chi connectivity index (χ0) is 9.05. The Balaban J connectivity index is 1.63. The molecular formula is C10H17NO2. The second-order valence-corrected chi connectivity index (χ2v) is 5.05. The summed E-state index contributed by atoms with van der Waals surface area (Å²) in [6.45, 7) is 2.25. The second-order valence-electron chi connectivity index (χ2n) is 5.05. The van der Waals surface area contributed by atoms with Gasteiger partial charge in [-0.05, 0) is 25.2 Å². The molecule has 0 aromatic carbocycles. The Morgan fingerprint density at radius 2 is 2.15 bits per heavy atom. The zero-order valence-corrected chi connectivity index (χ0v) is 7.82. The fourth-order valence-electron chi connectivity index (χ4n) is 2.77. The largest absolute Gasteiger partial charge is 0.396 e. The van der Waals surface area contributed by atoms with Crippen molar-refractivity contribution in [3.63, 3.8) is 0 Å². The number of likely N-dealkylation sites (tertiary alicyclic amines) is 1. The van der Waals surface area contributed by atoms with E-state index in [4.69, 9.17) is 5.11 Å². The lowest BCUT2D eigenvalue weighted by atomic mass is 10.0. The van der Waals surface area contributed by atoms with Crippen LogP contribution in [0.1, 0.15) is 19.3 Å². The smallest absolute Gasteiger partial charge is 0.0735 e. The minimum absolute atomic E-state index is 0.0903. The van der Waals surface area contributed by atoms with Crippen LogP contribution in [0.25, 0.3) is 0 Å². The standard InChI is InChI=1S/C10H17NO2/c12-5-7-3-8(7)11-4-9(13)10(6-11)1-2-10/h7-9,12-13H,1-6H2. The van der Waals surface area contributed by atoms with E-state index in [1.54, 1.807) is 0 Å². The molecule has 3 rings (SSSR count). The first-order chi connectivity index (χ1) is 6.25. The third-order valence-electron chi connectivity index (χ3n) is 4.11. The molecule has 1 aliphatic heterocycles. The number of hydrogen-bond donors (Lipinski definition) is 2. The van der Waals surface area contributed by atoms with Crippen molar-refractivity contribution in [1.29, 1.82) is 0 Å². The Hall–Kier alpha value is -0.120. The summed E-state index contributed by atoms with van der Waals surface area (Å²) in [5.74, 6) is 0.501. The molecule has 1 spiro atoms. The fourth-order valence-corrected chi connectivity index (χ4v) is 2.77. The van der Waals surface area contributed by atoms with Gasteiger partial charge in [0.15, 0.2) is 0 Å². The van der Waals surface area contributed by atoms with Crippen molar-refractivity contribution >= 4 is 0 Å². The van der Waals surface area contributed by atoms with Crippen LogP contribution in [0.3, 0.4) is 0 Å². The van der Waals surface area contributed by atoms with Crippen molar-refractivity contribution < 1.29 is 10.2 Å². The Morgan fingerprint density at radius 3 is 2.62 bits per heavy atom. The van der Waals surface area contributed by atoms with Crippen molar-refractivity contribution in [2.45, 2.75) is 31.4 Å². The van der Waals surface area contributed by atoms with Crippen LogP contribution in [-0.2, 0) is 0 Å². The van der Waals surface area contributed by atoms with E-state index in [-0.39, 0.29) is 11.5 Å². The molecule has 0 radical (unpaired) electrons. The van der Waals surface area contributed by atoms with Gasteiger partial charge in [-0.3, -0.25) is 4.90 Å². The van der Waals surface area contributed by atoms with Gasteiger partial charge in [-0.15, -0.1) is 0 Å². The van der Waals surface area contributed by atoms with Gasteiger partial charge in [0.05, 0.1) is 6.10 Å². The molecule has 3 heteroatoms. The van der Waals surface area contributed by atoms with Crippen LogP contribution >= 0.6 is 0 Å². The molecule has 3 nitrogen and oxygen atoms in total. The number of β-amino-alcohol motifs (C(OH)–C–C–N with tert-alkyl or cyclic N) is 1. The summed E-state index contributed by atoms with van der Waals surface area (Å²) in [6, 6.07) is 0.583. The minimum atomic E-state index is -0.0903. The Bertz CT molecular complexity index is 227. The number of aliphatic hydroxyl groups is 2. The summed E-state index contributed by atoms with van der Waals surface area (Å²) in [6.07, 6.45) is 3.47. The first-order valence-corrected chi connectivity index (χ1v) is 5.28. The van der Waals surface area contributed by atoms with Gasteiger partial charge in [-0.25, -0.2) is 0 Å². The van der Waals surface area contributed by atoms with Crippen molar-refractivity contribution in [2.24, 2.45) is 11.3 Å². The number of nitrogens with zero attached hydrogens (tertiary/aromatic N) is 1. The van der Waals surface area contributed by atoms with Gasteiger partial charge < -0.3 is 10.2 Å². The quantitative estimate of drug-likeness (QED) is 0.624. The lowest BCUT2D eigenvalue weighted by Crippen LogP contribution is -2.26. The minimum Gasteiger partial charge on any atom is -0.396 e. The summed E-state index contributed by atoms with van der Waals surface area (Å²) in [7, 11) is 0.